The van der Waals surface area contributed by atoms with Crippen molar-refractivity contribution in [3.63, 3.8) is 0 Å². The van der Waals surface area contributed by atoms with Gasteiger partial charge in [-0.15, -0.1) is 0 Å². The van der Waals surface area contributed by atoms with Crippen LogP contribution in [-0.4, -0.2) is 24.2 Å². The Labute approximate surface area is 57.9 Å². The molecule has 54 valence electrons. The van der Waals surface area contributed by atoms with Gasteiger partial charge in [0.2, 0.25) is 0 Å². The van der Waals surface area contributed by atoms with E-state index in [2.05, 4.69) is 4.99 Å². The number of carbonyl (C=O) groups is 2. The molecule has 1 heterocycles. The van der Waals surface area contributed by atoms with E-state index in [1.807, 2.05) is 0 Å². The van der Waals surface area contributed by atoms with Crippen molar-refractivity contribution in [2.45, 2.75) is 13.3 Å². The van der Waals surface area contributed by atoms with Crippen LogP contribution in [0.3, 0.4) is 0 Å². The summed E-state index contributed by atoms with van der Waals surface area (Å²) in [6, 6.07) is 0. The van der Waals surface area contributed by atoms with Crippen molar-refractivity contribution in [2.75, 3.05) is 6.61 Å². The molecule has 0 saturated heterocycles. The van der Waals surface area contributed by atoms with Crippen molar-refractivity contribution in [1.29, 1.82) is 0 Å². The van der Waals surface area contributed by atoms with Crippen LogP contribution in [0.1, 0.15) is 13.3 Å². The smallest absolute Gasteiger partial charge is 0.286 e. The summed E-state index contributed by atoms with van der Waals surface area (Å²) >= 11 is 0. The predicted molar refractivity (Wildman–Crippen MR) is 33.7 cm³/mol. The van der Waals surface area contributed by atoms with Gasteiger partial charge < -0.3 is 4.74 Å². The summed E-state index contributed by atoms with van der Waals surface area (Å²) in [5, 5.41) is 0. The Kier molecular flexibility index (Phi) is 1.80. The molecule has 1 rings (SSSR count). The van der Waals surface area contributed by atoms with Crippen LogP contribution in [0, 0.1) is 0 Å². The zero-order valence-corrected chi connectivity index (χ0v) is 5.59. The van der Waals surface area contributed by atoms with E-state index in [0.29, 0.717) is 0 Å². The van der Waals surface area contributed by atoms with Crippen molar-refractivity contribution in [3.8, 4) is 0 Å². The Morgan fingerprint density at radius 3 is 2.90 bits per heavy atom. The zero-order chi connectivity index (χ0) is 7.56. The van der Waals surface area contributed by atoms with Crippen LogP contribution in [0.25, 0.3) is 0 Å². The van der Waals surface area contributed by atoms with Gasteiger partial charge in [0.1, 0.15) is 5.78 Å². The van der Waals surface area contributed by atoms with Crippen LogP contribution in [0.2, 0.25) is 0 Å². The number of ketones is 1. The molecule has 0 saturated carbocycles. The normalized spacial score (nSPS) is 16.5. The average molecular weight is 141 g/mol. The molecular formula is C6H7NO3. The van der Waals surface area contributed by atoms with Gasteiger partial charge in [-0.3, -0.25) is 9.59 Å². The van der Waals surface area contributed by atoms with Crippen molar-refractivity contribution < 1.29 is 14.3 Å². The van der Waals surface area contributed by atoms with Crippen molar-refractivity contribution in [3.05, 3.63) is 0 Å². The highest BCUT2D eigenvalue weighted by atomic mass is 16.5. The molecular weight excluding hydrogens is 134 g/mol. The van der Waals surface area contributed by atoms with Crippen LogP contribution in [0.15, 0.2) is 4.99 Å². The number of hydrogen-bond acceptors (Lipinski definition) is 3. The van der Waals surface area contributed by atoms with Crippen LogP contribution in [0.5, 0.6) is 0 Å². The first-order valence-corrected chi connectivity index (χ1v) is 2.91. The second-order valence-corrected chi connectivity index (χ2v) is 2.07. The molecule has 4 heteroatoms. The zero-order valence-electron chi connectivity index (χ0n) is 5.59. The van der Waals surface area contributed by atoms with Crippen molar-refractivity contribution in [1.82, 2.24) is 0 Å². The first-order chi connectivity index (χ1) is 4.68. The monoisotopic (exact) mass is 141 g/mol. The minimum atomic E-state index is -0.309. The Bertz CT molecular complexity index is 207. The second-order valence-electron chi connectivity index (χ2n) is 2.07. The lowest BCUT2D eigenvalue weighted by molar-refractivity contribution is -0.118. The molecule has 0 bridgehead atoms. The van der Waals surface area contributed by atoms with E-state index < -0.39 is 0 Å². The van der Waals surface area contributed by atoms with E-state index in [0.717, 1.165) is 0 Å². The van der Waals surface area contributed by atoms with Gasteiger partial charge in [0.05, 0.1) is 6.42 Å². The van der Waals surface area contributed by atoms with Gasteiger partial charge in [-0.05, 0) is 6.92 Å². The van der Waals surface area contributed by atoms with Crippen molar-refractivity contribution in [2.24, 2.45) is 4.99 Å². The minimum Gasteiger partial charge on any atom is -0.470 e. The summed E-state index contributed by atoms with van der Waals surface area (Å²) < 4.78 is 4.76. The maximum absolute atomic E-state index is 10.4. The highest BCUT2D eigenvalue weighted by Gasteiger charge is 2.15. The molecule has 0 radical (unpaired) electrons. The maximum Gasteiger partial charge on any atom is 0.286 e. The van der Waals surface area contributed by atoms with Crippen molar-refractivity contribution >= 4 is 17.6 Å². The van der Waals surface area contributed by atoms with Gasteiger partial charge in [0.15, 0.2) is 12.5 Å². The van der Waals surface area contributed by atoms with Crippen LogP contribution < -0.4 is 0 Å². The molecule has 0 N–H and O–H groups in total. The highest BCUT2D eigenvalue weighted by molar-refractivity contribution is 6.05. The fourth-order valence-corrected chi connectivity index (χ4v) is 0.652. The predicted octanol–water partition coefficient (Wildman–Crippen LogP) is -0.0792. The summed E-state index contributed by atoms with van der Waals surface area (Å²) in [5.41, 5.74) is 0. The summed E-state index contributed by atoms with van der Waals surface area (Å²) in [6.45, 7) is 1.41. The van der Waals surface area contributed by atoms with Crippen LogP contribution in [-0.2, 0) is 14.3 Å². The van der Waals surface area contributed by atoms with E-state index in [4.69, 9.17) is 4.74 Å². The number of hydrogen-bond donors (Lipinski definition) is 0. The molecule has 10 heavy (non-hydrogen) atoms. The summed E-state index contributed by atoms with van der Waals surface area (Å²) in [7, 11) is 0. The highest BCUT2D eigenvalue weighted by Crippen LogP contribution is 1.99. The minimum absolute atomic E-state index is 0.0113. The third-order valence-corrected chi connectivity index (χ3v) is 1.01. The lowest BCUT2D eigenvalue weighted by atomic mass is 10.3. The molecule has 0 aromatic rings. The summed E-state index contributed by atoms with van der Waals surface area (Å²) in [5.74, 6) is -0.109. The third-order valence-electron chi connectivity index (χ3n) is 1.01. The molecule has 0 aromatic carbocycles. The van der Waals surface area contributed by atoms with E-state index >= 15 is 0 Å². The lowest BCUT2D eigenvalue weighted by Gasteiger charge is -1.93. The van der Waals surface area contributed by atoms with Gasteiger partial charge in [0, 0.05) is 0 Å². The Hall–Kier alpha value is -1.19. The molecule has 0 aromatic heterocycles. The largest absolute Gasteiger partial charge is 0.470 e. The number of rotatable bonds is 2. The Balaban J connectivity index is 2.50. The number of nitrogens with zero attached hydrogens (tertiary/aromatic N) is 1. The Morgan fingerprint density at radius 2 is 2.50 bits per heavy atom. The fourth-order valence-electron chi connectivity index (χ4n) is 0.652. The SMILES string of the molecule is CC(=O)CC1=NC(=O)CO1. The van der Waals surface area contributed by atoms with Gasteiger partial charge >= 0.3 is 0 Å². The second kappa shape index (κ2) is 2.60. The first-order valence-electron chi connectivity index (χ1n) is 2.91. The third kappa shape index (κ3) is 1.65. The molecule has 0 aliphatic carbocycles. The molecule has 4 nitrogen and oxygen atoms in total. The molecule has 0 unspecified atom stereocenters. The molecule has 1 amide bonds. The Morgan fingerprint density at radius 1 is 1.80 bits per heavy atom. The van der Waals surface area contributed by atoms with Gasteiger partial charge in [-0.1, -0.05) is 0 Å². The lowest BCUT2D eigenvalue weighted by Crippen LogP contribution is -2.04. The summed E-state index contributed by atoms with van der Waals surface area (Å²) in [4.78, 5) is 24.3. The molecule has 0 spiro atoms. The van der Waals surface area contributed by atoms with Crippen LogP contribution >= 0.6 is 0 Å². The molecule has 1 aliphatic rings. The average Bonchev–Trinajstić information content (AvgIpc) is 2.13. The quantitative estimate of drug-likeness (QED) is 0.540. The number of Topliss-reactive ketones (excluding diaryl/α,β-unsaturated/α-hetero) is 1. The number of carbonyl (C=O) groups excluding carboxylic acids is 2. The molecule has 0 atom stereocenters. The topological polar surface area (TPSA) is 55.7 Å². The first kappa shape index (κ1) is 6.92. The van der Waals surface area contributed by atoms with E-state index in [-0.39, 0.29) is 30.6 Å². The van der Waals surface area contributed by atoms with Gasteiger partial charge in [0.25, 0.3) is 5.91 Å². The standard InChI is InChI=1S/C6H7NO3/c1-4(8)2-6-7-5(9)3-10-6/h2-3H2,1H3. The summed E-state index contributed by atoms with van der Waals surface area (Å²) in [6.07, 6.45) is 0.131. The van der Waals surface area contributed by atoms with E-state index in [1.54, 1.807) is 0 Å². The van der Waals surface area contributed by atoms with Crippen LogP contribution in [0.4, 0.5) is 0 Å². The van der Waals surface area contributed by atoms with E-state index in [1.165, 1.54) is 6.92 Å². The molecule has 1 aliphatic heterocycles. The fraction of sp³-hybridized carbons (Fsp3) is 0.500. The maximum atomic E-state index is 10.4. The number of aliphatic imine (C=N–C) groups is 1. The van der Waals surface area contributed by atoms with Gasteiger partial charge in [-0.25, -0.2) is 0 Å². The van der Waals surface area contributed by atoms with E-state index in [9.17, 15) is 9.59 Å². The molecule has 0 fully saturated rings. The number of ether oxygens (including phenoxy) is 1. The van der Waals surface area contributed by atoms with Gasteiger partial charge in [-0.2, -0.15) is 4.99 Å². The number of amides is 1.